The van der Waals surface area contributed by atoms with Crippen LogP contribution in [0.4, 0.5) is 0 Å². The normalized spacial score (nSPS) is 9.94. The fourth-order valence-corrected chi connectivity index (χ4v) is 1.83. The summed E-state index contributed by atoms with van der Waals surface area (Å²) < 4.78 is 4.98. The minimum absolute atomic E-state index is 0.471. The average Bonchev–Trinajstić information content (AvgIpc) is 2.34. The van der Waals surface area contributed by atoms with Crippen LogP contribution >= 0.6 is 0 Å². The number of aryl methyl sites for hydroxylation is 1. The monoisotopic (exact) mass is 226 g/mol. The Balaban J connectivity index is 2.30. The van der Waals surface area contributed by atoms with Crippen molar-refractivity contribution < 1.29 is 9.53 Å². The Bertz CT molecular complexity index is 504. The highest BCUT2D eigenvalue weighted by Gasteiger charge is 2.05. The first-order chi connectivity index (χ1) is 8.29. The zero-order valence-electron chi connectivity index (χ0n) is 9.72. The van der Waals surface area contributed by atoms with E-state index in [-0.39, 0.29) is 0 Å². The van der Waals surface area contributed by atoms with Crippen LogP contribution in [-0.4, -0.2) is 6.47 Å². The van der Waals surface area contributed by atoms with Gasteiger partial charge in [0.2, 0.25) is 0 Å². The first-order valence-electron chi connectivity index (χ1n) is 5.53. The van der Waals surface area contributed by atoms with Crippen LogP contribution in [-0.2, 0) is 11.2 Å². The van der Waals surface area contributed by atoms with E-state index in [0.29, 0.717) is 12.2 Å². The van der Waals surface area contributed by atoms with Crippen LogP contribution in [0.15, 0.2) is 48.5 Å². The lowest BCUT2D eigenvalue weighted by Crippen LogP contribution is -1.96. The summed E-state index contributed by atoms with van der Waals surface area (Å²) in [5, 5.41) is 0. The zero-order chi connectivity index (χ0) is 12.1. The fraction of sp³-hybridized carbons (Fsp3) is 0.133. The van der Waals surface area contributed by atoms with Crippen molar-refractivity contribution in [3.05, 3.63) is 65.2 Å². The van der Waals surface area contributed by atoms with Gasteiger partial charge in [0.05, 0.1) is 0 Å². The summed E-state index contributed by atoms with van der Waals surface area (Å²) >= 11 is 0. The minimum Gasteiger partial charge on any atom is -0.428 e. The van der Waals surface area contributed by atoms with Crippen LogP contribution in [0.25, 0.3) is 0 Å². The van der Waals surface area contributed by atoms with Crippen LogP contribution in [0.5, 0.6) is 5.75 Å². The highest BCUT2D eigenvalue weighted by atomic mass is 16.5. The van der Waals surface area contributed by atoms with E-state index in [9.17, 15) is 4.79 Å². The third-order valence-corrected chi connectivity index (χ3v) is 2.63. The van der Waals surface area contributed by atoms with Gasteiger partial charge in [-0.2, -0.15) is 0 Å². The molecule has 0 aliphatic carbocycles. The lowest BCUT2D eigenvalue weighted by molar-refractivity contribution is -0.120. The molecule has 86 valence electrons. The molecule has 2 heteroatoms. The summed E-state index contributed by atoms with van der Waals surface area (Å²) in [5.74, 6) is 0.634. The van der Waals surface area contributed by atoms with Gasteiger partial charge in [-0.3, -0.25) is 4.79 Å². The van der Waals surface area contributed by atoms with Crippen LogP contribution in [0.1, 0.15) is 16.7 Å². The second-order valence-corrected chi connectivity index (χ2v) is 3.99. The summed E-state index contributed by atoms with van der Waals surface area (Å²) in [6, 6.07) is 15.9. The number of ether oxygens (including phenoxy) is 1. The molecule has 0 radical (unpaired) electrons. The number of hydrogen-bond donors (Lipinski definition) is 0. The quantitative estimate of drug-likeness (QED) is 0.749. The summed E-state index contributed by atoms with van der Waals surface area (Å²) in [7, 11) is 0. The van der Waals surface area contributed by atoms with Crippen molar-refractivity contribution in [1.29, 1.82) is 0 Å². The van der Waals surface area contributed by atoms with Crippen LogP contribution in [0.2, 0.25) is 0 Å². The van der Waals surface area contributed by atoms with Gasteiger partial charge in [0, 0.05) is 6.42 Å². The Morgan fingerprint density at radius 2 is 1.88 bits per heavy atom. The Labute approximate surface area is 101 Å². The molecule has 0 spiro atoms. The SMILES string of the molecule is Cc1ccc(OC=O)c(Cc2ccccc2)c1. The van der Waals surface area contributed by atoms with Gasteiger partial charge >= 0.3 is 0 Å². The predicted molar refractivity (Wildman–Crippen MR) is 67.1 cm³/mol. The Hall–Kier alpha value is -2.09. The van der Waals surface area contributed by atoms with E-state index in [4.69, 9.17) is 4.74 Å². The van der Waals surface area contributed by atoms with E-state index in [1.54, 1.807) is 0 Å². The van der Waals surface area contributed by atoms with Crippen LogP contribution in [0, 0.1) is 6.92 Å². The molecule has 0 atom stereocenters. The van der Waals surface area contributed by atoms with Gasteiger partial charge in [-0.25, -0.2) is 0 Å². The van der Waals surface area contributed by atoms with Crippen molar-refractivity contribution in [1.82, 2.24) is 0 Å². The average molecular weight is 226 g/mol. The smallest absolute Gasteiger partial charge is 0.298 e. The topological polar surface area (TPSA) is 26.3 Å². The van der Waals surface area contributed by atoms with Crippen molar-refractivity contribution in [2.24, 2.45) is 0 Å². The lowest BCUT2D eigenvalue weighted by Gasteiger charge is -2.08. The van der Waals surface area contributed by atoms with Gasteiger partial charge in [-0.05, 0) is 24.1 Å². The van der Waals surface area contributed by atoms with Gasteiger partial charge in [-0.1, -0.05) is 48.0 Å². The number of carbonyl (C=O) groups is 1. The van der Waals surface area contributed by atoms with Gasteiger partial charge in [-0.15, -0.1) is 0 Å². The molecule has 2 aromatic carbocycles. The molecule has 0 saturated carbocycles. The van der Waals surface area contributed by atoms with Crippen LogP contribution in [0.3, 0.4) is 0 Å². The molecular weight excluding hydrogens is 212 g/mol. The largest absolute Gasteiger partial charge is 0.428 e. The third kappa shape index (κ3) is 2.94. The Kier molecular flexibility index (Phi) is 3.55. The maximum Gasteiger partial charge on any atom is 0.298 e. The second kappa shape index (κ2) is 5.30. The Morgan fingerprint density at radius 3 is 2.59 bits per heavy atom. The number of benzene rings is 2. The molecule has 0 aliphatic rings. The Morgan fingerprint density at radius 1 is 1.12 bits per heavy atom. The van der Waals surface area contributed by atoms with Gasteiger partial charge in [0.25, 0.3) is 6.47 Å². The highest BCUT2D eigenvalue weighted by molar-refractivity contribution is 5.49. The van der Waals surface area contributed by atoms with E-state index < -0.39 is 0 Å². The molecule has 0 aliphatic heterocycles. The van der Waals surface area contributed by atoms with Crippen molar-refractivity contribution in [2.45, 2.75) is 13.3 Å². The molecule has 0 bridgehead atoms. The maximum absolute atomic E-state index is 10.4. The molecule has 0 fully saturated rings. The van der Waals surface area contributed by atoms with E-state index >= 15 is 0 Å². The summed E-state index contributed by atoms with van der Waals surface area (Å²) in [5.41, 5.74) is 3.39. The fourth-order valence-electron chi connectivity index (χ4n) is 1.83. The number of carbonyl (C=O) groups excluding carboxylic acids is 1. The lowest BCUT2D eigenvalue weighted by atomic mass is 10.0. The van der Waals surface area contributed by atoms with Gasteiger partial charge in [0.1, 0.15) is 5.75 Å². The summed E-state index contributed by atoms with van der Waals surface area (Å²) in [6.07, 6.45) is 0.770. The summed E-state index contributed by atoms with van der Waals surface area (Å²) in [4.78, 5) is 10.4. The van der Waals surface area contributed by atoms with E-state index in [0.717, 1.165) is 17.5 Å². The first-order valence-corrected chi connectivity index (χ1v) is 5.53. The van der Waals surface area contributed by atoms with E-state index in [1.807, 2.05) is 43.3 Å². The molecule has 0 heterocycles. The van der Waals surface area contributed by atoms with Crippen molar-refractivity contribution in [3.8, 4) is 5.75 Å². The minimum atomic E-state index is 0.471. The van der Waals surface area contributed by atoms with E-state index in [1.165, 1.54) is 5.56 Å². The molecule has 17 heavy (non-hydrogen) atoms. The molecule has 0 amide bonds. The third-order valence-electron chi connectivity index (χ3n) is 2.63. The number of hydrogen-bond acceptors (Lipinski definition) is 2. The molecule has 2 aromatic rings. The molecule has 0 N–H and O–H groups in total. The highest BCUT2D eigenvalue weighted by Crippen LogP contribution is 2.22. The molecule has 2 rings (SSSR count). The van der Waals surface area contributed by atoms with Crippen molar-refractivity contribution in [2.75, 3.05) is 0 Å². The van der Waals surface area contributed by atoms with Crippen molar-refractivity contribution in [3.63, 3.8) is 0 Å². The maximum atomic E-state index is 10.4. The molecule has 0 aromatic heterocycles. The number of rotatable bonds is 4. The van der Waals surface area contributed by atoms with Crippen LogP contribution < -0.4 is 4.74 Å². The zero-order valence-corrected chi connectivity index (χ0v) is 9.72. The standard InChI is InChI=1S/C15H14O2/c1-12-7-8-15(17-11-16)14(9-12)10-13-5-3-2-4-6-13/h2-9,11H,10H2,1H3. The second-order valence-electron chi connectivity index (χ2n) is 3.99. The first kappa shape index (κ1) is 11.4. The molecule has 0 saturated heterocycles. The molecular formula is C15H14O2. The summed E-state index contributed by atoms with van der Waals surface area (Å²) in [6.45, 7) is 2.50. The van der Waals surface area contributed by atoms with Gasteiger partial charge in [0.15, 0.2) is 0 Å². The molecule has 2 nitrogen and oxygen atoms in total. The van der Waals surface area contributed by atoms with Gasteiger partial charge < -0.3 is 4.74 Å². The predicted octanol–water partition coefficient (Wildman–Crippen LogP) is 3.12. The van der Waals surface area contributed by atoms with Crippen molar-refractivity contribution >= 4 is 6.47 Å². The molecule has 0 unspecified atom stereocenters. The van der Waals surface area contributed by atoms with E-state index in [2.05, 4.69) is 12.1 Å².